The maximum Gasteiger partial charge on any atom is 0.317 e. The first-order valence-electron chi connectivity index (χ1n) is 13.2. The van der Waals surface area contributed by atoms with E-state index in [9.17, 15) is 9.59 Å². The Hall–Kier alpha value is -3.94. The summed E-state index contributed by atoms with van der Waals surface area (Å²) in [5, 5.41) is 0. The third kappa shape index (κ3) is 4.48. The Kier molecular flexibility index (Phi) is 7.06. The van der Waals surface area contributed by atoms with Gasteiger partial charge in [0, 0.05) is 22.6 Å². The maximum atomic E-state index is 13.7. The fraction of sp³-hybridized carbons (Fsp3) is 0.400. The number of nitrogens with zero attached hydrogens (tertiary/aromatic N) is 4. The molecule has 8 heteroatoms. The minimum atomic E-state index is -0.810. The van der Waals surface area contributed by atoms with Gasteiger partial charge in [0.15, 0.2) is 0 Å². The van der Waals surface area contributed by atoms with E-state index in [-0.39, 0.29) is 24.4 Å². The molecule has 0 bridgehead atoms. The van der Waals surface area contributed by atoms with Crippen molar-refractivity contribution in [2.24, 2.45) is 0 Å². The van der Waals surface area contributed by atoms with E-state index in [1.54, 1.807) is 16.9 Å². The third-order valence-electron chi connectivity index (χ3n) is 7.51. The number of methoxy groups -OCH3 is 1. The van der Waals surface area contributed by atoms with Crippen LogP contribution in [0.4, 0.5) is 5.69 Å². The van der Waals surface area contributed by atoms with E-state index >= 15 is 0 Å². The summed E-state index contributed by atoms with van der Waals surface area (Å²) < 4.78 is 11.6. The zero-order valence-corrected chi connectivity index (χ0v) is 22.4. The molecule has 2 aliphatic rings. The minimum Gasteiger partial charge on any atom is -0.497 e. The highest BCUT2D eigenvalue weighted by molar-refractivity contribution is 6.03. The van der Waals surface area contributed by atoms with Crippen molar-refractivity contribution in [3.8, 4) is 11.8 Å². The number of aromatic nitrogens is 2. The fourth-order valence-electron chi connectivity index (χ4n) is 5.69. The van der Waals surface area contributed by atoms with Crippen LogP contribution in [0.1, 0.15) is 55.1 Å². The van der Waals surface area contributed by atoms with Gasteiger partial charge in [0.2, 0.25) is 12.0 Å². The number of hydrogen-bond acceptors (Lipinski definition) is 6. The quantitative estimate of drug-likeness (QED) is 0.304. The van der Waals surface area contributed by atoms with Crippen molar-refractivity contribution in [1.82, 2.24) is 14.9 Å². The lowest BCUT2D eigenvalue weighted by Crippen LogP contribution is -2.74. The van der Waals surface area contributed by atoms with Gasteiger partial charge in [0.25, 0.3) is 5.91 Å². The lowest BCUT2D eigenvalue weighted by Gasteiger charge is -2.56. The summed E-state index contributed by atoms with van der Waals surface area (Å²) in [5.74, 6) is 0.424. The molecule has 2 atom stereocenters. The monoisotopic (exact) mass is 514 g/mol. The Morgan fingerprint density at radius 1 is 1.00 bits per heavy atom. The molecule has 8 nitrogen and oxygen atoms in total. The fourth-order valence-corrected chi connectivity index (χ4v) is 5.69. The Bertz CT molecular complexity index is 1320. The van der Waals surface area contributed by atoms with Crippen LogP contribution in [0, 0.1) is 13.8 Å². The normalized spacial score (nSPS) is 20.4. The number of β-lactam (4-membered cyclic amide) rings is 1. The summed E-state index contributed by atoms with van der Waals surface area (Å²) in [6.07, 6.45) is 2.83. The maximum absolute atomic E-state index is 13.7. The van der Waals surface area contributed by atoms with Crippen LogP contribution in [-0.2, 0) is 21.7 Å². The van der Waals surface area contributed by atoms with Gasteiger partial charge in [0.1, 0.15) is 17.8 Å². The molecule has 2 aliphatic heterocycles. The number of carbonyl (C=O) groups excluding carboxylic acids is 2. The van der Waals surface area contributed by atoms with Crippen LogP contribution in [0.3, 0.4) is 0 Å². The average molecular weight is 515 g/mol. The zero-order valence-electron chi connectivity index (χ0n) is 22.4. The number of para-hydroxylation sites is 1. The van der Waals surface area contributed by atoms with Crippen molar-refractivity contribution in [2.75, 3.05) is 18.6 Å². The second-order valence-corrected chi connectivity index (χ2v) is 10.1. The number of anilines is 1. The van der Waals surface area contributed by atoms with Crippen LogP contribution in [0.2, 0.25) is 0 Å². The second kappa shape index (κ2) is 10.4. The summed E-state index contributed by atoms with van der Waals surface area (Å²) in [6.45, 7) is 6.29. The van der Waals surface area contributed by atoms with Gasteiger partial charge in [-0.2, -0.15) is 0 Å². The highest BCUT2D eigenvalue weighted by atomic mass is 16.5. The Balaban J connectivity index is 1.58. The van der Waals surface area contributed by atoms with Crippen molar-refractivity contribution in [2.45, 2.75) is 64.6 Å². The summed E-state index contributed by atoms with van der Waals surface area (Å²) >= 11 is 0. The van der Waals surface area contributed by atoms with Crippen LogP contribution >= 0.6 is 0 Å². The SMILES string of the molecule is CCCCC[C@@]12c3ccccc3N(Cc3ccc(OC)cc3)C(=O)CN1C(=O)[C@H]2Oc1nc(C)cc(C)n1. The summed E-state index contributed by atoms with van der Waals surface area (Å²) in [5.41, 5.74) is 3.46. The van der Waals surface area contributed by atoms with Crippen molar-refractivity contribution in [1.29, 1.82) is 0 Å². The standard InChI is InChI=1S/C30H34N4O4/c1-5-6-9-16-30-24-10-7-8-11-25(24)33(18-22-12-14-23(37-4)15-13-22)26(35)19-34(30)28(36)27(30)38-29-31-20(2)17-21(3)32-29/h7-8,10-15,17,27H,5-6,9,16,18-19H2,1-4H3/t27-,30+/m1/s1. The van der Waals surface area contributed by atoms with Crippen LogP contribution in [0.25, 0.3) is 0 Å². The van der Waals surface area contributed by atoms with Gasteiger partial charge in [-0.3, -0.25) is 9.59 Å². The largest absolute Gasteiger partial charge is 0.497 e. The van der Waals surface area contributed by atoms with Gasteiger partial charge >= 0.3 is 6.01 Å². The topological polar surface area (TPSA) is 84.9 Å². The molecule has 1 aromatic heterocycles. The van der Waals surface area contributed by atoms with Crippen LogP contribution in [0.15, 0.2) is 54.6 Å². The molecule has 1 fully saturated rings. The average Bonchev–Trinajstić information content (AvgIpc) is 3.00. The molecule has 2 amide bonds. The summed E-state index contributed by atoms with van der Waals surface area (Å²) in [4.78, 5) is 39.7. The molecular formula is C30H34N4O4. The molecule has 0 saturated carbocycles. The van der Waals surface area contributed by atoms with Crippen LogP contribution in [-0.4, -0.2) is 46.4 Å². The van der Waals surface area contributed by atoms with E-state index in [1.807, 2.05) is 68.4 Å². The van der Waals surface area contributed by atoms with Gasteiger partial charge in [-0.05, 0) is 50.1 Å². The number of ether oxygens (including phenoxy) is 2. The molecule has 2 aromatic carbocycles. The molecule has 3 heterocycles. The molecule has 0 radical (unpaired) electrons. The van der Waals surface area contributed by atoms with Gasteiger partial charge in [-0.25, -0.2) is 9.97 Å². The molecule has 198 valence electrons. The first-order chi connectivity index (χ1) is 18.4. The van der Waals surface area contributed by atoms with E-state index in [1.165, 1.54) is 0 Å². The highest BCUT2D eigenvalue weighted by Gasteiger charge is 2.65. The van der Waals surface area contributed by atoms with E-state index in [0.717, 1.165) is 53.2 Å². The van der Waals surface area contributed by atoms with Gasteiger partial charge < -0.3 is 19.3 Å². The van der Waals surface area contributed by atoms with E-state index in [0.29, 0.717) is 13.0 Å². The van der Waals surface area contributed by atoms with Crippen molar-refractivity contribution in [3.63, 3.8) is 0 Å². The Morgan fingerprint density at radius 3 is 2.39 bits per heavy atom. The Labute approximate surface area is 223 Å². The van der Waals surface area contributed by atoms with Crippen molar-refractivity contribution < 1.29 is 19.1 Å². The van der Waals surface area contributed by atoms with Gasteiger partial charge in [-0.15, -0.1) is 0 Å². The summed E-state index contributed by atoms with van der Waals surface area (Å²) in [7, 11) is 1.63. The number of rotatable bonds is 9. The molecule has 0 unspecified atom stereocenters. The number of aryl methyl sites for hydroxylation is 2. The molecule has 5 rings (SSSR count). The smallest absolute Gasteiger partial charge is 0.317 e. The van der Waals surface area contributed by atoms with Gasteiger partial charge in [-0.1, -0.05) is 56.5 Å². The molecular weight excluding hydrogens is 480 g/mol. The molecule has 0 N–H and O–H groups in total. The van der Waals surface area contributed by atoms with Crippen molar-refractivity contribution >= 4 is 17.5 Å². The Morgan fingerprint density at radius 2 is 1.71 bits per heavy atom. The van der Waals surface area contributed by atoms with Crippen molar-refractivity contribution in [3.05, 3.63) is 77.1 Å². The second-order valence-electron chi connectivity index (χ2n) is 10.1. The minimum absolute atomic E-state index is 0.0106. The molecule has 0 spiro atoms. The van der Waals surface area contributed by atoms with Crippen LogP contribution in [0.5, 0.6) is 11.8 Å². The first kappa shape index (κ1) is 25.7. The molecule has 3 aromatic rings. The molecule has 0 aliphatic carbocycles. The predicted octanol–water partition coefficient (Wildman–Crippen LogP) is 4.71. The predicted molar refractivity (Wildman–Crippen MR) is 144 cm³/mol. The zero-order chi connectivity index (χ0) is 26.9. The van der Waals surface area contributed by atoms with Gasteiger partial charge in [0.05, 0.1) is 13.7 Å². The van der Waals surface area contributed by atoms with E-state index in [2.05, 4.69) is 16.9 Å². The number of unbranched alkanes of at least 4 members (excludes halogenated alkanes) is 2. The molecule has 38 heavy (non-hydrogen) atoms. The lowest BCUT2D eigenvalue weighted by molar-refractivity contribution is -0.186. The first-order valence-corrected chi connectivity index (χ1v) is 13.2. The van der Waals surface area contributed by atoms with E-state index < -0.39 is 11.6 Å². The third-order valence-corrected chi connectivity index (χ3v) is 7.51. The highest BCUT2D eigenvalue weighted by Crippen LogP contribution is 2.52. The number of fused-ring (bicyclic) bond motifs is 3. The molecule has 1 saturated heterocycles. The number of carbonyl (C=O) groups is 2. The van der Waals surface area contributed by atoms with E-state index in [4.69, 9.17) is 9.47 Å². The van der Waals surface area contributed by atoms with Crippen LogP contribution < -0.4 is 14.4 Å². The number of hydrogen-bond donors (Lipinski definition) is 0. The number of benzene rings is 2. The lowest BCUT2D eigenvalue weighted by atomic mass is 9.71. The summed E-state index contributed by atoms with van der Waals surface area (Å²) in [6, 6.07) is 17.7. The number of amides is 2.